The maximum atomic E-state index is 13.3. The second-order valence-corrected chi connectivity index (χ2v) is 7.20. The minimum absolute atomic E-state index is 0.0253. The molecule has 0 amide bonds. The first-order chi connectivity index (χ1) is 15.5. The minimum Gasteiger partial charge on any atom is -0.355 e. The molecule has 4 aromatic rings. The number of hydrogen-bond donors (Lipinski definition) is 1. The van der Waals surface area contributed by atoms with Crippen LogP contribution in [0.4, 0.5) is 26.3 Å². The first-order valence-electron chi connectivity index (χ1n) is 9.38. The molecule has 0 unspecified atom stereocenters. The molecular weight excluding hydrogens is 444 g/mol. The van der Waals surface area contributed by atoms with Gasteiger partial charge in [0, 0.05) is 21.8 Å². The average Bonchev–Trinajstić information content (AvgIpc) is 3.13. The fraction of sp³-hybridized carbons (Fsp3) is 0.0833. The summed E-state index contributed by atoms with van der Waals surface area (Å²) in [6.45, 7) is 0. The number of alkyl halides is 6. The van der Waals surface area contributed by atoms with Gasteiger partial charge in [0.05, 0.1) is 22.3 Å². The molecule has 0 bridgehead atoms. The van der Waals surface area contributed by atoms with Crippen molar-refractivity contribution in [3.05, 3.63) is 82.9 Å². The number of nitrogens with zero attached hydrogens (tertiary/aromatic N) is 2. The van der Waals surface area contributed by atoms with Crippen LogP contribution in [0, 0.1) is 22.7 Å². The zero-order valence-corrected chi connectivity index (χ0v) is 16.4. The van der Waals surface area contributed by atoms with E-state index in [0.29, 0.717) is 23.0 Å². The van der Waals surface area contributed by atoms with Gasteiger partial charge in [-0.3, -0.25) is 0 Å². The van der Waals surface area contributed by atoms with E-state index in [2.05, 4.69) is 4.98 Å². The monoisotopic (exact) mass is 455 g/mol. The number of nitrogens with one attached hydrogen (secondary N) is 1. The zero-order valence-electron chi connectivity index (χ0n) is 16.4. The summed E-state index contributed by atoms with van der Waals surface area (Å²) in [5.74, 6) is 0. The molecule has 0 saturated heterocycles. The highest BCUT2D eigenvalue weighted by molar-refractivity contribution is 6.10. The van der Waals surface area contributed by atoms with Crippen molar-refractivity contribution >= 4 is 33.0 Å². The van der Waals surface area contributed by atoms with Crippen LogP contribution in [0.25, 0.3) is 33.0 Å². The number of para-hydroxylation sites is 1. The maximum absolute atomic E-state index is 13.3. The summed E-state index contributed by atoms with van der Waals surface area (Å²) in [6.07, 6.45) is -10.2. The van der Waals surface area contributed by atoms with Gasteiger partial charge in [-0.25, -0.2) is 0 Å². The number of nitriles is 2. The van der Waals surface area contributed by atoms with Crippen molar-refractivity contribution < 1.29 is 26.3 Å². The summed E-state index contributed by atoms with van der Waals surface area (Å²) >= 11 is 0. The minimum atomic E-state index is -5.08. The summed E-state index contributed by atoms with van der Waals surface area (Å²) in [4.78, 5) is 3.17. The van der Waals surface area contributed by atoms with Crippen LogP contribution in [0.1, 0.15) is 22.3 Å². The van der Waals surface area contributed by atoms with Gasteiger partial charge >= 0.3 is 12.4 Å². The van der Waals surface area contributed by atoms with Crippen LogP contribution >= 0.6 is 0 Å². The Kier molecular flexibility index (Phi) is 5.14. The number of hydrogen-bond acceptors (Lipinski definition) is 2. The second-order valence-electron chi connectivity index (χ2n) is 7.20. The molecule has 1 aromatic heterocycles. The zero-order chi connectivity index (χ0) is 24.0. The number of aromatic amines is 1. The highest BCUT2D eigenvalue weighted by Crippen LogP contribution is 2.39. The standard InChI is InChI=1S/C24H11F6N3/c25-23(26,27)15-7-14(8-16(10-15)24(28,29)30)20(12-32)19(11-31)13-5-6-22-18(9-13)17-3-1-2-4-21(17)33-22/h1-10,33H. The molecule has 33 heavy (non-hydrogen) atoms. The van der Waals surface area contributed by atoms with E-state index in [4.69, 9.17) is 0 Å². The van der Waals surface area contributed by atoms with Gasteiger partial charge in [0.1, 0.15) is 12.1 Å². The molecule has 3 nitrogen and oxygen atoms in total. The average molecular weight is 455 g/mol. The molecule has 0 aliphatic rings. The van der Waals surface area contributed by atoms with E-state index in [1.165, 1.54) is 6.07 Å². The summed E-state index contributed by atoms with van der Waals surface area (Å²) in [5.41, 5.74) is -2.98. The van der Waals surface area contributed by atoms with Crippen molar-refractivity contribution in [2.24, 2.45) is 0 Å². The molecule has 1 N–H and O–H groups in total. The van der Waals surface area contributed by atoms with Crippen LogP contribution in [-0.2, 0) is 12.4 Å². The summed E-state index contributed by atoms with van der Waals surface area (Å²) in [6, 6.07) is 16.2. The van der Waals surface area contributed by atoms with Crippen LogP contribution in [0.15, 0.2) is 60.7 Å². The van der Waals surface area contributed by atoms with E-state index in [0.717, 1.165) is 10.9 Å². The van der Waals surface area contributed by atoms with E-state index in [1.807, 2.05) is 18.2 Å². The van der Waals surface area contributed by atoms with Crippen LogP contribution in [0.5, 0.6) is 0 Å². The van der Waals surface area contributed by atoms with Gasteiger partial charge < -0.3 is 4.98 Å². The maximum Gasteiger partial charge on any atom is 0.416 e. The van der Waals surface area contributed by atoms with E-state index >= 15 is 0 Å². The molecule has 0 saturated carbocycles. The van der Waals surface area contributed by atoms with Crippen LogP contribution < -0.4 is 0 Å². The SMILES string of the molecule is N#CC(=C(C#N)c1ccc2[nH]c3ccccc3c2c1)c1cc(C(F)(F)F)cc(C(F)(F)F)c1. The smallest absolute Gasteiger partial charge is 0.355 e. The Morgan fingerprint density at radius 2 is 1.18 bits per heavy atom. The largest absolute Gasteiger partial charge is 0.416 e. The highest BCUT2D eigenvalue weighted by atomic mass is 19.4. The van der Waals surface area contributed by atoms with Gasteiger partial charge in [-0.1, -0.05) is 24.3 Å². The molecule has 9 heteroatoms. The van der Waals surface area contributed by atoms with Crippen molar-refractivity contribution in [1.82, 2.24) is 4.98 Å². The number of allylic oxidation sites excluding steroid dienone is 2. The molecule has 0 aliphatic heterocycles. The predicted octanol–water partition coefficient (Wildman–Crippen LogP) is 7.32. The lowest BCUT2D eigenvalue weighted by molar-refractivity contribution is -0.143. The van der Waals surface area contributed by atoms with Gasteiger partial charge in [-0.05, 0) is 47.5 Å². The van der Waals surface area contributed by atoms with Crippen molar-refractivity contribution in [2.45, 2.75) is 12.4 Å². The van der Waals surface area contributed by atoms with Crippen LogP contribution in [0.2, 0.25) is 0 Å². The fourth-order valence-corrected chi connectivity index (χ4v) is 3.63. The highest BCUT2D eigenvalue weighted by Gasteiger charge is 2.37. The lowest BCUT2D eigenvalue weighted by Gasteiger charge is -2.14. The Bertz CT molecular complexity index is 1480. The number of fused-ring (bicyclic) bond motifs is 3. The van der Waals surface area contributed by atoms with Crippen molar-refractivity contribution in [2.75, 3.05) is 0 Å². The molecule has 3 aromatic carbocycles. The Morgan fingerprint density at radius 1 is 0.636 bits per heavy atom. The summed E-state index contributed by atoms with van der Waals surface area (Å²) in [7, 11) is 0. The predicted molar refractivity (Wildman–Crippen MR) is 110 cm³/mol. The van der Waals surface area contributed by atoms with E-state index in [1.54, 1.807) is 30.3 Å². The summed E-state index contributed by atoms with van der Waals surface area (Å²) < 4.78 is 79.6. The third-order valence-electron chi connectivity index (χ3n) is 5.14. The normalized spacial score (nSPS) is 13.0. The quantitative estimate of drug-likeness (QED) is 0.196. The Hall–Kier alpha value is -4.24. The van der Waals surface area contributed by atoms with E-state index < -0.39 is 34.6 Å². The molecule has 4 rings (SSSR count). The Labute approximate surface area is 182 Å². The molecule has 0 aliphatic carbocycles. The molecule has 0 fully saturated rings. The van der Waals surface area contributed by atoms with Crippen LogP contribution in [0.3, 0.4) is 0 Å². The number of rotatable bonds is 2. The summed E-state index contributed by atoms with van der Waals surface area (Å²) in [5, 5.41) is 20.9. The van der Waals surface area contributed by atoms with E-state index in [9.17, 15) is 36.9 Å². The number of benzene rings is 3. The van der Waals surface area contributed by atoms with Gasteiger partial charge in [0.25, 0.3) is 0 Å². The lowest BCUT2D eigenvalue weighted by atomic mass is 9.93. The van der Waals surface area contributed by atoms with E-state index in [-0.39, 0.29) is 17.2 Å². The molecule has 0 atom stereocenters. The number of aromatic nitrogens is 1. The van der Waals surface area contributed by atoms with Crippen LogP contribution in [-0.4, -0.2) is 4.98 Å². The van der Waals surface area contributed by atoms with Crippen molar-refractivity contribution in [1.29, 1.82) is 10.5 Å². The second kappa shape index (κ2) is 7.72. The Balaban J connectivity index is 1.99. The molecular formula is C24H11F6N3. The Morgan fingerprint density at radius 3 is 1.76 bits per heavy atom. The lowest BCUT2D eigenvalue weighted by Crippen LogP contribution is -2.11. The first-order valence-corrected chi connectivity index (χ1v) is 9.38. The third kappa shape index (κ3) is 4.01. The first kappa shape index (κ1) is 22.0. The van der Waals surface area contributed by atoms with Crippen molar-refractivity contribution in [3.8, 4) is 12.1 Å². The number of halogens is 6. The van der Waals surface area contributed by atoms with Gasteiger partial charge in [0.2, 0.25) is 0 Å². The molecule has 0 radical (unpaired) electrons. The topological polar surface area (TPSA) is 63.4 Å². The van der Waals surface area contributed by atoms with Crippen molar-refractivity contribution in [3.63, 3.8) is 0 Å². The molecule has 1 heterocycles. The third-order valence-corrected chi connectivity index (χ3v) is 5.14. The molecule has 164 valence electrons. The fourth-order valence-electron chi connectivity index (χ4n) is 3.63. The molecule has 0 spiro atoms. The van der Waals surface area contributed by atoms with Gasteiger partial charge in [0.15, 0.2) is 0 Å². The van der Waals surface area contributed by atoms with Gasteiger partial charge in [-0.2, -0.15) is 36.9 Å². The van der Waals surface area contributed by atoms with Gasteiger partial charge in [-0.15, -0.1) is 0 Å². The number of H-pyrrole nitrogens is 1.